The Morgan fingerprint density at radius 1 is 1.21 bits per heavy atom. The monoisotopic (exact) mass is 472 g/mol. The second kappa shape index (κ2) is 10.0. The number of ether oxygens (including phenoxy) is 1. The quantitative estimate of drug-likeness (QED) is 0.366. The molecule has 0 aliphatic heterocycles. The minimum atomic E-state index is -0.0485. The average molecular weight is 473 g/mol. The SMILES string of the molecule is Cc1ccc(-c2csc(NC(=O)CCCOc3ccc(C(C)C)cc3Br)n2)cc1. The van der Waals surface area contributed by atoms with Crippen molar-refractivity contribution in [3.8, 4) is 17.0 Å². The Bertz CT molecular complexity index is 967. The molecule has 1 N–H and O–H groups in total. The van der Waals surface area contributed by atoms with Gasteiger partial charge in [-0.2, -0.15) is 0 Å². The number of thiazole rings is 1. The van der Waals surface area contributed by atoms with Gasteiger partial charge in [-0.25, -0.2) is 4.98 Å². The lowest BCUT2D eigenvalue weighted by molar-refractivity contribution is -0.116. The van der Waals surface area contributed by atoms with Crippen LogP contribution in [0.15, 0.2) is 52.3 Å². The predicted molar refractivity (Wildman–Crippen MR) is 124 cm³/mol. The number of hydrogen-bond donors (Lipinski definition) is 1. The molecule has 1 amide bonds. The Labute approximate surface area is 184 Å². The van der Waals surface area contributed by atoms with Crippen molar-refractivity contribution in [2.45, 2.75) is 39.5 Å². The van der Waals surface area contributed by atoms with Crippen molar-refractivity contribution >= 4 is 38.3 Å². The van der Waals surface area contributed by atoms with Crippen molar-refractivity contribution in [1.29, 1.82) is 0 Å². The molecule has 0 saturated heterocycles. The minimum absolute atomic E-state index is 0.0485. The van der Waals surface area contributed by atoms with Crippen LogP contribution in [0, 0.1) is 6.92 Å². The van der Waals surface area contributed by atoms with Crippen molar-refractivity contribution in [3.05, 3.63) is 63.4 Å². The molecule has 0 aliphatic rings. The van der Waals surface area contributed by atoms with E-state index in [1.54, 1.807) is 0 Å². The van der Waals surface area contributed by atoms with E-state index in [1.807, 2.05) is 23.6 Å². The number of aryl methyl sites for hydroxylation is 1. The predicted octanol–water partition coefficient (Wildman–Crippen LogP) is 6.80. The standard InChI is InChI=1S/C23H25BrN2O2S/c1-15(2)18-10-11-21(19(24)13-18)28-12-4-5-22(27)26-23-25-20(14-29-23)17-8-6-16(3)7-9-17/h6-11,13-15H,4-5,12H2,1-3H3,(H,25,26,27). The van der Waals surface area contributed by atoms with Crippen LogP contribution >= 0.6 is 27.3 Å². The number of hydrogen-bond acceptors (Lipinski definition) is 4. The van der Waals surface area contributed by atoms with Gasteiger partial charge < -0.3 is 10.1 Å². The number of carbonyl (C=O) groups excluding carboxylic acids is 1. The molecule has 29 heavy (non-hydrogen) atoms. The van der Waals surface area contributed by atoms with E-state index in [1.165, 1.54) is 22.5 Å². The molecule has 0 aliphatic carbocycles. The summed E-state index contributed by atoms with van der Waals surface area (Å²) in [6.07, 6.45) is 1.03. The molecular formula is C23H25BrN2O2S. The van der Waals surface area contributed by atoms with Crippen LogP contribution in [0.5, 0.6) is 5.75 Å². The van der Waals surface area contributed by atoms with Crippen LogP contribution in [-0.2, 0) is 4.79 Å². The summed E-state index contributed by atoms with van der Waals surface area (Å²) in [5, 5.41) is 5.46. The maximum atomic E-state index is 12.2. The van der Waals surface area contributed by atoms with E-state index in [-0.39, 0.29) is 5.91 Å². The largest absolute Gasteiger partial charge is 0.492 e. The lowest BCUT2D eigenvalue weighted by atomic mass is 10.0. The second-order valence-electron chi connectivity index (χ2n) is 7.25. The van der Waals surface area contributed by atoms with E-state index >= 15 is 0 Å². The molecule has 6 heteroatoms. The average Bonchev–Trinajstić information content (AvgIpc) is 3.15. The van der Waals surface area contributed by atoms with Crippen molar-refractivity contribution in [2.24, 2.45) is 0 Å². The number of carbonyl (C=O) groups is 1. The third-order valence-corrected chi connectivity index (χ3v) is 5.90. The summed E-state index contributed by atoms with van der Waals surface area (Å²) in [5.41, 5.74) is 4.40. The number of halogens is 1. The summed E-state index contributed by atoms with van der Waals surface area (Å²) in [4.78, 5) is 16.7. The smallest absolute Gasteiger partial charge is 0.226 e. The summed E-state index contributed by atoms with van der Waals surface area (Å²) < 4.78 is 6.75. The zero-order valence-electron chi connectivity index (χ0n) is 16.9. The van der Waals surface area contributed by atoms with Crippen LogP contribution in [0.2, 0.25) is 0 Å². The highest BCUT2D eigenvalue weighted by Gasteiger charge is 2.09. The molecule has 0 fully saturated rings. The van der Waals surface area contributed by atoms with Crippen LogP contribution in [-0.4, -0.2) is 17.5 Å². The number of aromatic nitrogens is 1. The zero-order chi connectivity index (χ0) is 20.8. The molecule has 0 bridgehead atoms. The summed E-state index contributed by atoms with van der Waals surface area (Å²) in [7, 11) is 0. The van der Waals surface area contributed by atoms with Gasteiger partial charge in [0.1, 0.15) is 5.75 Å². The van der Waals surface area contributed by atoms with Gasteiger partial charge in [-0.3, -0.25) is 4.79 Å². The molecule has 1 aromatic heterocycles. The number of anilines is 1. The van der Waals surface area contributed by atoms with Crippen molar-refractivity contribution in [1.82, 2.24) is 4.98 Å². The van der Waals surface area contributed by atoms with E-state index in [0.717, 1.165) is 21.5 Å². The van der Waals surface area contributed by atoms with Gasteiger partial charge in [0, 0.05) is 17.4 Å². The van der Waals surface area contributed by atoms with Gasteiger partial charge in [0.2, 0.25) is 5.91 Å². The lowest BCUT2D eigenvalue weighted by Crippen LogP contribution is -2.12. The fourth-order valence-corrected chi connectivity index (χ4v) is 4.02. The highest BCUT2D eigenvalue weighted by molar-refractivity contribution is 9.10. The van der Waals surface area contributed by atoms with Crippen molar-refractivity contribution in [2.75, 3.05) is 11.9 Å². The van der Waals surface area contributed by atoms with E-state index in [4.69, 9.17) is 4.74 Å². The van der Waals surface area contributed by atoms with Gasteiger partial charge in [0.05, 0.1) is 16.8 Å². The first-order valence-corrected chi connectivity index (χ1v) is 11.3. The third kappa shape index (κ3) is 6.15. The molecule has 152 valence electrons. The van der Waals surface area contributed by atoms with E-state index in [0.29, 0.717) is 30.5 Å². The lowest BCUT2D eigenvalue weighted by Gasteiger charge is -2.11. The first-order chi connectivity index (χ1) is 13.9. The van der Waals surface area contributed by atoms with Crippen LogP contribution in [0.25, 0.3) is 11.3 Å². The Morgan fingerprint density at radius 3 is 2.66 bits per heavy atom. The number of nitrogens with zero attached hydrogens (tertiary/aromatic N) is 1. The zero-order valence-corrected chi connectivity index (χ0v) is 19.3. The highest BCUT2D eigenvalue weighted by atomic mass is 79.9. The van der Waals surface area contributed by atoms with Gasteiger partial charge >= 0.3 is 0 Å². The molecular weight excluding hydrogens is 448 g/mol. The topological polar surface area (TPSA) is 51.2 Å². The first-order valence-electron chi connectivity index (χ1n) is 9.67. The molecule has 0 saturated carbocycles. The van der Waals surface area contributed by atoms with Gasteiger partial charge in [0.25, 0.3) is 0 Å². The Hall–Kier alpha value is -2.18. The normalized spacial score (nSPS) is 10.9. The number of nitrogens with one attached hydrogen (secondary N) is 1. The van der Waals surface area contributed by atoms with Gasteiger partial charge in [-0.05, 0) is 52.9 Å². The molecule has 1 heterocycles. The maximum absolute atomic E-state index is 12.2. The Kier molecular flexibility index (Phi) is 7.45. The van der Waals surface area contributed by atoms with Crippen LogP contribution in [0.1, 0.15) is 43.7 Å². The molecule has 4 nitrogen and oxygen atoms in total. The molecule has 0 atom stereocenters. The molecule has 2 aromatic carbocycles. The summed E-state index contributed by atoms with van der Waals surface area (Å²) in [5.74, 6) is 1.23. The number of benzene rings is 2. The van der Waals surface area contributed by atoms with Gasteiger partial charge in [-0.1, -0.05) is 49.7 Å². The van der Waals surface area contributed by atoms with E-state index < -0.39 is 0 Å². The minimum Gasteiger partial charge on any atom is -0.492 e. The molecule has 0 unspecified atom stereocenters. The molecule has 3 aromatic rings. The van der Waals surface area contributed by atoms with E-state index in [9.17, 15) is 4.79 Å². The van der Waals surface area contributed by atoms with Crippen LogP contribution in [0.4, 0.5) is 5.13 Å². The summed E-state index contributed by atoms with van der Waals surface area (Å²) in [6, 6.07) is 14.3. The first kappa shape index (κ1) is 21.5. The third-order valence-electron chi connectivity index (χ3n) is 4.53. The van der Waals surface area contributed by atoms with Gasteiger partial charge in [0.15, 0.2) is 5.13 Å². The van der Waals surface area contributed by atoms with E-state index in [2.05, 4.69) is 71.3 Å². The second-order valence-corrected chi connectivity index (χ2v) is 8.96. The summed E-state index contributed by atoms with van der Waals surface area (Å²) in [6.45, 7) is 6.86. The number of amides is 1. The molecule has 0 radical (unpaired) electrons. The molecule has 0 spiro atoms. The fourth-order valence-electron chi connectivity index (χ4n) is 2.78. The number of rotatable bonds is 8. The van der Waals surface area contributed by atoms with Crippen molar-refractivity contribution in [3.63, 3.8) is 0 Å². The highest BCUT2D eigenvalue weighted by Crippen LogP contribution is 2.29. The van der Waals surface area contributed by atoms with Crippen molar-refractivity contribution < 1.29 is 9.53 Å². The fraction of sp³-hybridized carbons (Fsp3) is 0.304. The Balaban J connectivity index is 1.44. The van der Waals surface area contributed by atoms with Gasteiger partial charge in [-0.15, -0.1) is 11.3 Å². The van der Waals surface area contributed by atoms with Crippen LogP contribution in [0.3, 0.4) is 0 Å². The Morgan fingerprint density at radius 2 is 1.97 bits per heavy atom. The molecule has 3 rings (SSSR count). The maximum Gasteiger partial charge on any atom is 0.226 e. The van der Waals surface area contributed by atoms with Crippen LogP contribution < -0.4 is 10.1 Å². The summed E-state index contributed by atoms with van der Waals surface area (Å²) >= 11 is 4.99.